The Hall–Kier alpha value is -2.18. The summed E-state index contributed by atoms with van der Waals surface area (Å²) in [4.78, 5) is 26.6. The average molecular weight is 400 g/mol. The van der Waals surface area contributed by atoms with Crippen LogP contribution in [0.5, 0.6) is 0 Å². The Kier molecular flexibility index (Phi) is 4.59. The largest absolute Gasteiger partial charge is 0.330 e. The molecule has 1 saturated heterocycles. The van der Waals surface area contributed by atoms with Gasteiger partial charge in [0.1, 0.15) is 11.5 Å². The fourth-order valence-electron chi connectivity index (χ4n) is 4.07. The van der Waals surface area contributed by atoms with Gasteiger partial charge in [-0.1, -0.05) is 25.4 Å². The maximum absolute atomic E-state index is 13.2. The molecule has 28 heavy (non-hydrogen) atoms. The van der Waals surface area contributed by atoms with Crippen LogP contribution in [0.2, 0.25) is 5.02 Å². The SMILES string of the molecule is CC1(C)CN(c2ccc(Cl)cn2)c2ccc(C(=O)N3CCNCC3(C)C)nc21. The van der Waals surface area contributed by atoms with Gasteiger partial charge in [-0.25, -0.2) is 9.97 Å². The first-order valence-electron chi connectivity index (χ1n) is 9.62. The third-order valence-electron chi connectivity index (χ3n) is 5.61. The van der Waals surface area contributed by atoms with Crippen molar-refractivity contribution in [3.63, 3.8) is 0 Å². The molecule has 1 N–H and O–H groups in total. The first-order valence-corrected chi connectivity index (χ1v) is 10.0. The van der Waals surface area contributed by atoms with Gasteiger partial charge in [-0.05, 0) is 38.1 Å². The minimum atomic E-state index is -0.231. The number of rotatable bonds is 2. The van der Waals surface area contributed by atoms with Gasteiger partial charge < -0.3 is 15.1 Å². The Labute approximate surface area is 170 Å². The van der Waals surface area contributed by atoms with E-state index in [2.05, 4.69) is 42.9 Å². The van der Waals surface area contributed by atoms with Crippen LogP contribution < -0.4 is 10.2 Å². The van der Waals surface area contributed by atoms with Gasteiger partial charge in [0.2, 0.25) is 0 Å². The summed E-state index contributed by atoms with van der Waals surface area (Å²) in [6.07, 6.45) is 1.65. The fourth-order valence-corrected chi connectivity index (χ4v) is 4.18. The number of amides is 1. The predicted molar refractivity (Wildman–Crippen MR) is 112 cm³/mol. The number of aromatic nitrogens is 2. The summed E-state index contributed by atoms with van der Waals surface area (Å²) < 4.78 is 0. The molecule has 0 spiro atoms. The molecule has 6 nitrogen and oxygen atoms in total. The van der Waals surface area contributed by atoms with Crippen LogP contribution in [0.4, 0.5) is 11.5 Å². The number of pyridine rings is 2. The van der Waals surface area contributed by atoms with Crippen molar-refractivity contribution in [1.29, 1.82) is 0 Å². The number of fused-ring (bicyclic) bond motifs is 1. The van der Waals surface area contributed by atoms with Gasteiger partial charge in [0.15, 0.2) is 0 Å². The van der Waals surface area contributed by atoms with Crippen molar-refractivity contribution in [2.45, 2.75) is 38.6 Å². The Morgan fingerprint density at radius 3 is 2.64 bits per heavy atom. The van der Waals surface area contributed by atoms with E-state index in [1.807, 2.05) is 29.2 Å². The molecule has 2 aromatic rings. The van der Waals surface area contributed by atoms with Gasteiger partial charge in [-0.15, -0.1) is 0 Å². The van der Waals surface area contributed by atoms with E-state index >= 15 is 0 Å². The lowest BCUT2D eigenvalue weighted by molar-refractivity contribution is 0.0471. The summed E-state index contributed by atoms with van der Waals surface area (Å²) in [6, 6.07) is 7.59. The molecule has 4 rings (SSSR count). The average Bonchev–Trinajstić information content (AvgIpc) is 2.92. The van der Waals surface area contributed by atoms with Crippen LogP contribution in [0, 0.1) is 0 Å². The number of nitrogens with zero attached hydrogens (tertiary/aromatic N) is 4. The maximum atomic E-state index is 13.2. The van der Waals surface area contributed by atoms with Crippen molar-refractivity contribution >= 4 is 29.0 Å². The van der Waals surface area contributed by atoms with Gasteiger partial charge in [0, 0.05) is 37.8 Å². The topological polar surface area (TPSA) is 61.4 Å². The molecule has 0 aromatic carbocycles. The zero-order valence-corrected chi connectivity index (χ0v) is 17.5. The Balaban J connectivity index is 1.69. The molecule has 0 saturated carbocycles. The molecule has 1 amide bonds. The van der Waals surface area contributed by atoms with Crippen molar-refractivity contribution in [2.24, 2.45) is 0 Å². The number of carbonyl (C=O) groups is 1. The molecule has 0 unspecified atom stereocenters. The number of hydrogen-bond donors (Lipinski definition) is 1. The summed E-state index contributed by atoms with van der Waals surface area (Å²) in [5, 5.41) is 3.97. The predicted octanol–water partition coefficient (Wildman–Crippen LogP) is 3.38. The maximum Gasteiger partial charge on any atom is 0.272 e. The van der Waals surface area contributed by atoms with E-state index in [0.29, 0.717) is 17.3 Å². The summed E-state index contributed by atoms with van der Waals surface area (Å²) in [6.45, 7) is 11.5. The summed E-state index contributed by atoms with van der Waals surface area (Å²) in [7, 11) is 0. The van der Waals surface area contributed by atoms with E-state index in [1.54, 1.807) is 6.20 Å². The number of anilines is 2. The van der Waals surface area contributed by atoms with Crippen LogP contribution in [0.3, 0.4) is 0 Å². The van der Waals surface area contributed by atoms with E-state index in [9.17, 15) is 4.79 Å². The van der Waals surface area contributed by atoms with E-state index < -0.39 is 0 Å². The second-order valence-electron chi connectivity index (χ2n) is 8.81. The lowest BCUT2D eigenvalue weighted by Gasteiger charge is -2.42. The van der Waals surface area contributed by atoms with Crippen molar-refractivity contribution in [2.75, 3.05) is 31.1 Å². The quantitative estimate of drug-likeness (QED) is 0.838. The molecular weight excluding hydrogens is 374 g/mol. The number of carbonyl (C=O) groups excluding carboxylic acids is 1. The minimum Gasteiger partial charge on any atom is -0.330 e. The van der Waals surface area contributed by atoms with E-state index in [4.69, 9.17) is 16.6 Å². The van der Waals surface area contributed by atoms with Crippen LogP contribution in [0.25, 0.3) is 0 Å². The smallest absolute Gasteiger partial charge is 0.272 e. The van der Waals surface area contributed by atoms with Crippen LogP contribution in [0.15, 0.2) is 30.5 Å². The fraction of sp³-hybridized carbons (Fsp3) is 0.476. The van der Waals surface area contributed by atoms with Crippen molar-refractivity contribution in [3.8, 4) is 0 Å². The highest BCUT2D eigenvalue weighted by molar-refractivity contribution is 6.30. The Bertz CT molecular complexity index is 910. The summed E-state index contributed by atoms with van der Waals surface area (Å²) in [5.41, 5.74) is 2.02. The van der Waals surface area contributed by atoms with Crippen LogP contribution >= 0.6 is 11.6 Å². The number of nitrogens with one attached hydrogen (secondary N) is 1. The van der Waals surface area contributed by atoms with E-state index in [-0.39, 0.29) is 16.9 Å². The van der Waals surface area contributed by atoms with Gasteiger partial charge >= 0.3 is 0 Å². The van der Waals surface area contributed by atoms with Gasteiger partial charge in [-0.3, -0.25) is 4.79 Å². The highest BCUT2D eigenvalue weighted by atomic mass is 35.5. The molecule has 0 atom stereocenters. The zero-order valence-electron chi connectivity index (χ0n) is 16.8. The second-order valence-corrected chi connectivity index (χ2v) is 9.25. The minimum absolute atomic E-state index is 0.00633. The molecule has 0 aliphatic carbocycles. The third kappa shape index (κ3) is 3.25. The molecule has 4 heterocycles. The Morgan fingerprint density at radius 1 is 1.18 bits per heavy atom. The molecule has 0 radical (unpaired) electrons. The van der Waals surface area contributed by atoms with Crippen LogP contribution in [-0.2, 0) is 5.41 Å². The van der Waals surface area contributed by atoms with Gasteiger partial charge in [-0.2, -0.15) is 0 Å². The first-order chi connectivity index (χ1) is 13.2. The molecule has 148 valence electrons. The van der Waals surface area contributed by atoms with E-state index in [0.717, 1.165) is 36.8 Å². The lowest BCUT2D eigenvalue weighted by Crippen LogP contribution is -2.60. The third-order valence-corrected chi connectivity index (χ3v) is 5.84. The molecule has 2 aliphatic heterocycles. The number of halogens is 1. The molecule has 7 heteroatoms. The first kappa shape index (κ1) is 19.2. The van der Waals surface area contributed by atoms with Crippen molar-refractivity contribution in [1.82, 2.24) is 20.2 Å². The molecule has 0 bridgehead atoms. The molecule has 1 fully saturated rings. The van der Waals surface area contributed by atoms with Crippen molar-refractivity contribution < 1.29 is 4.79 Å². The summed E-state index contributed by atoms with van der Waals surface area (Å²) >= 11 is 5.99. The number of hydrogen-bond acceptors (Lipinski definition) is 5. The molecule has 2 aromatic heterocycles. The number of piperazine rings is 1. The summed E-state index contributed by atoms with van der Waals surface area (Å²) in [5.74, 6) is 0.827. The van der Waals surface area contributed by atoms with E-state index in [1.165, 1.54) is 0 Å². The van der Waals surface area contributed by atoms with Crippen molar-refractivity contribution in [3.05, 3.63) is 46.9 Å². The zero-order chi connectivity index (χ0) is 20.1. The Morgan fingerprint density at radius 2 is 1.96 bits per heavy atom. The molecular formula is C21H26ClN5O. The van der Waals surface area contributed by atoms with Gasteiger partial charge in [0.25, 0.3) is 5.91 Å². The highest BCUT2D eigenvalue weighted by Gasteiger charge is 2.40. The standard InChI is InChI=1S/C21H26ClN5O/c1-20(2)13-26(17-8-5-14(22)11-24-17)16-7-6-15(25-18(16)20)19(28)27-10-9-23-12-21(27,3)4/h5-8,11,23H,9-10,12-13H2,1-4H3. The van der Waals surface area contributed by atoms with Crippen LogP contribution in [0.1, 0.15) is 43.9 Å². The highest BCUT2D eigenvalue weighted by Crippen LogP contribution is 2.42. The molecule has 2 aliphatic rings. The monoisotopic (exact) mass is 399 g/mol. The van der Waals surface area contributed by atoms with Gasteiger partial charge in [0.05, 0.1) is 21.9 Å². The normalized spacial score (nSPS) is 20.2. The van der Waals surface area contributed by atoms with Crippen LogP contribution in [-0.4, -0.2) is 52.5 Å². The second kappa shape index (κ2) is 6.71. The lowest BCUT2D eigenvalue weighted by atomic mass is 9.91.